The Labute approximate surface area is 117 Å². The Balaban J connectivity index is 1.68. The molecule has 2 heterocycles. The number of ether oxygens (including phenoxy) is 4. The molecular formula is C15H18O5. The summed E-state index contributed by atoms with van der Waals surface area (Å²) < 4.78 is 22.7. The van der Waals surface area contributed by atoms with Gasteiger partial charge >= 0.3 is 0 Å². The van der Waals surface area contributed by atoms with Crippen LogP contribution in [-0.4, -0.2) is 36.7 Å². The molecule has 0 aliphatic carbocycles. The molecular weight excluding hydrogens is 260 g/mol. The van der Waals surface area contributed by atoms with Crippen molar-refractivity contribution in [2.24, 2.45) is 0 Å². The summed E-state index contributed by atoms with van der Waals surface area (Å²) in [7, 11) is 0. The number of aldehydes is 1. The van der Waals surface area contributed by atoms with E-state index < -0.39 is 24.3 Å². The van der Waals surface area contributed by atoms with Crippen LogP contribution in [0.2, 0.25) is 0 Å². The minimum atomic E-state index is -0.711. The second-order valence-electron chi connectivity index (χ2n) is 5.47. The fourth-order valence-electron chi connectivity index (χ4n) is 2.57. The topological polar surface area (TPSA) is 54.0 Å². The van der Waals surface area contributed by atoms with Gasteiger partial charge in [0, 0.05) is 0 Å². The molecule has 1 aromatic carbocycles. The van der Waals surface area contributed by atoms with Crippen LogP contribution in [0.25, 0.3) is 0 Å². The number of benzene rings is 1. The van der Waals surface area contributed by atoms with Crippen LogP contribution in [0.15, 0.2) is 30.3 Å². The molecule has 0 radical (unpaired) electrons. The molecule has 108 valence electrons. The maximum Gasteiger partial charge on any atom is 0.190 e. The Morgan fingerprint density at radius 2 is 2.00 bits per heavy atom. The van der Waals surface area contributed by atoms with Gasteiger partial charge in [-0.25, -0.2) is 0 Å². The van der Waals surface area contributed by atoms with Crippen molar-refractivity contribution in [3.05, 3.63) is 35.9 Å². The molecule has 0 amide bonds. The number of hydrogen-bond acceptors (Lipinski definition) is 5. The molecule has 0 saturated carbocycles. The monoisotopic (exact) mass is 278 g/mol. The van der Waals surface area contributed by atoms with Gasteiger partial charge in [0.15, 0.2) is 18.4 Å². The maximum atomic E-state index is 11.1. The van der Waals surface area contributed by atoms with Gasteiger partial charge in [-0.3, -0.25) is 0 Å². The molecule has 2 aliphatic rings. The Hall–Kier alpha value is -1.27. The van der Waals surface area contributed by atoms with Gasteiger partial charge in [0.05, 0.1) is 6.61 Å². The molecule has 0 unspecified atom stereocenters. The van der Waals surface area contributed by atoms with Crippen LogP contribution in [0, 0.1) is 0 Å². The van der Waals surface area contributed by atoms with E-state index in [1.807, 2.05) is 44.2 Å². The van der Waals surface area contributed by atoms with Crippen LogP contribution in [0.3, 0.4) is 0 Å². The molecule has 0 N–H and O–H groups in total. The molecule has 3 rings (SSSR count). The summed E-state index contributed by atoms with van der Waals surface area (Å²) in [6.07, 6.45) is -1.26. The van der Waals surface area contributed by atoms with Crippen molar-refractivity contribution >= 4 is 6.29 Å². The highest BCUT2D eigenvalue weighted by Crippen LogP contribution is 2.38. The first kappa shape index (κ1) is 13.7. The van der Waals surface area contributed by atoms with E-state index in [2.05, 4.69) is 0 Å². The second-order valence-corrected chi connectivity index (χ2v) is 5.47. The van der Waals surface area contributed by atoms with Crippen molar-refractivity contribution in [3.8, 4) is 0 Å². The zero-order valence-corrected chi connectivity index (χ0v) is 11.5. The van der Waals surface area contributed by atoms with Gasteiger partial charge in [-0.2, -0.15) is 0 Å². The van der Waals surface area contributed by atoms with E-state index in [9.17, 15) is 4.79 Å². The Morgan fingerprint density at radius 1 is 1.25 bits per heavy atom. The maximum absolute atomic E-state index is 11.1. The van der Waals surface area contributed by atoms with Crippen LogP contribution in [0.1, 0.15) is 19.4 Å². The van der Waals surface area contributed by atoms with Crippen molar-refractivity contribution in [2.75, 3.05) is 0 Å². The first-order valence-corrected chi connectivity index (χ1v) is 6.71. The van der Waals surface area contributed by atoms with Crippen molar-refractivity contribution in [2.45, 2.75) is 50.8 Å². The van der Waals surface area contributed by atoms with Crippen LogP contribution in [-0.2, 0) is 30.3 Å². The lowest BCUT2D eigenvalue weighted by Crippen LogP contribution is -2.37. The van der Waals surface area contributed by atoms with E-state index in [0.717, 1.165) is 11.8 Å². The molecule has 2 fully saturated rings. The lowest BCUT2D eigenvalue weighted by molar-refractivity contribution is -0.216. The van der Waals surface area contributed by atoms with Gasteiger partial charge in [-0.15, -0.1) is 0 Å². The zero-order chi connectivity index (χ0) is 14.2. The number of rotatable bonds is 4. The van der Waals surface area contributed by atoms with E-state index in [4.69, 9.17) is 18.9 Å². The summed E-state index contributed by atoms with van der Waals surface area (Å²) in [5.74, 6) is -0.711. The fraction of sp³-hybridized carbons (Fsp3) is 0.533. The normalized spacial score (nSPS) is 34.9. The first-order chi connectivity index (χ1) is 9.59. The standard InChI is InChI=1S/C15H18O5/c1-15(2)19-13-12(11(8-16)18-14(13)20-15)17-9-10-6-4-3-5-7-10/h3-8,11-14H,9H2,1-2H3/t11-,12-,13+,14+/m0/s1. The highest BCUT2D eigenvalue weighted by Gasteiger charge is 2.55. The molecule has 0 aromatic heterocycles. The van der Waals surface area contributed by atoms with Gasteiger partial charge in [0.25, 0.3) is 0 Å². The molecule has 20 heavy (non-hydrogen) atoms. The SMILES string of the molecule is CC1(C)O[C@H]2O[C@@H](C=O)[C@H](OCc3ccccc3)[C@H]2O1. The molecule has 1 aromatic rings. The Bertz CT molecular complexity index is 472. The van der Waals surface area contributed by atoms with Gasteiger partial charge in [0.2, 0.25) is 0 Å². The average Bonchev–Trinajstić information content (AvgIpc) is 2.89. The molecule has 2 saturated heterocycles. The van der Waals surface area contributed by atoms with Crippen LogP contribution in [0.4, 0.5) is 0 Å². The third kappa shape index (κ3) is 2.62. The number of hydrogen-bond donors (Lipinski definition) is 0. The number of carbonyl (C=O) groups excluding carboxylic acids is 1. The van der Waals surface area contributed by atoms with Gasteiger partial charge in [-0.1, -0.05) is 30.3 Å². The molecule has 4 atom stereocenters. The Kier molecular flexibility index (Phi) is 3.60. The fourth-order valence-corrected chi connectivity index (χ4v) is 2.57. The quantitative estimate of drug-likeness (QED) is 0.784. The lowest BCUT2D eigenvalue weighted by atomic mass is 10.1. The largest absolute Gasteiger partial charge is 0.367 e. The van der Waals surface area contributed by atoms with E-state index >= 15 is 0 Å². The summed E-state index contributed by atoms with van der Waals surface area (Å²) >= 11 is 0. The first-order valence-electron chi connectivity index (χ1n) is 6.71. The van der Waals surface area contributed by atoms with Crippen LogP contribution < -0.4 is 0 Å². The number of carbonyl (C=O) groups is 1. The van der Waals surface area contributed by atoms with E-state index in [1.54, 1.807) is 0 Å². The Morgan fingerprint density at radius 3 is 2.70 bits per heavy atom. The van der Waals surface area contributed by atoms with Crippen LogP contribution in [0.5, 0.6) is 0 Å². The van der Waals surface area contributed by atoms with Crippen molar-refractivity contribution in [1.29, 1.82) is 0 Å². The highest BCUT2D eigenvalue weighted by atomic mass is 16.8. The summed E-state index contributed by atoms with van der Waals surface area (Å²) in [5, 5.41) is 0. The van der Waals surface area contributed by atoms with E-state index in [-0.39, 0.29) is 6.10 Å². The molecule has 2 aliphatic heterocycles. The highest BCUT2D eigenvalue weighted by molar-refractivity contribution is 5.58. The second kappa shape index (κ2) is 5.26. The smallest absolute Gasteiger partial charge is 0.190 e. The summed E-state index contributed by atoms with van der Waals surface area (Å²) in [5.41, 5.74) is 1.04. The predicted octanol–water partition coefficient (Wildman–Crippen LogP) is 1.65. The minimum absolute atomic E-state index is 0.371. The van der Waals surface area contributed by atoms with Crippen molar-refractivity contribution in [3.63, 3.8) is 0 Å². The molecule has 0 spiro atoms. The molecule has 0 bridgehead atoms. The van der Waals surface area contributed by atoms with E-state index in [0.29, 0.717) is 6.61 Å². The van der Waals surface area contributed by atoms with E-state index in [1.165, 1.54) is 0 Å². The minimum Gasteiger partial charge on any atom is -0.367 e. The van der Waals surface area contributed by atoms with Gasteiger partial charge in [-0.05, 0) is 19.4 Å². The zero-order valence-electron chi connectivity index (χ0n) is 11.5. The van der Waals surface area contributed by atoms with Gasteiger partial charge in [0.1, 0.15) is 18.3 Å². The van der Waals surface area contributed by atoms with Crippen LogP contribution >= 0.6 is 0 Å². The van der Waals surface area contributed by atoms with Crippen molar-refractivity contribution in [1.82, 2.24) is 0 Å². The lowest BCUT2D eigenvalue weighted by Gasteiger charge is -2.23. The summed E-state index contributed by atoms with van der Waals surface area (Å²) in [4.78, 5) is 11.1. The van der Waals surface area contributed by atoms with Crippen molar-refractivity contribution < 1.29 is 23.7 Å². The average molecular weight is 278 g/mol. The summed E-state index contributed by atoms with van der Waals surface area (Å²) in [6, 6.07) is 9.78. The molecule has 5 nitrogen and oxygen atoms in total. The van der Waals surface area contributed by atoms with Gasteiger partial charge < -0.3 is 23.7 Å². The predicted molar refractivity (Wildman–Crippen MR) is 69.8 cm³/mol. The third-order valence-electron chi connectivity index (χ3n) is 3.45. The third-order valence-corrected chi connectivity index (χ3v) is 3.45. The number of fused-ring (bicyclic) bond motifs is 1. The molecule has 5 heteroatoms. The summed E-state index contributed by atoms with van der Waals surface area (Å²) in [6.45, 7) is 4.05.